The van der Waals surface area contributed by atoms with Gasteiger partial charge < -0.3 is 19.5 Å². The summed E-state index contributed by atoms with van der Waals surface area (Å²) in [5.74, 6) is -0.740. The van der Waals surface area contributed by atoms with E-state index in [2.05, 4.69) is 0 Å². The molecule has 1 amide bonds. The van der Waals surface area contributed by atoms with E-state index in [9.17, 15) is 23.5 Å². The Bertz CT molecular complexity index is 1390. The van der Waals surface area contributed by atoms with Crippen molar-refractivity contribution in [2.75, 3.05) is 19.8 Å². The third-order valence-corrected chi connectivity index (χ3v) is 7.26. The van der Waals surface area contributed by atoms with Gasteiger partial charge in [-0.15, -0.1) is 0 Å². The Labute approximate surface area is 219 Å². The summed E-state index contributed by atoms with van der Waals surface area (Å²) in [5, 5.41) is 9.18. The molecule has 6 nitrogen and oxygen atoms in total. The van der Waals surface area contributed by atoms with Crippen molar-refractivity contribution in [3.63, 3.8) is 0 Å². The van der Waals surface area contributed by atoms with Gasteiger partial charge in [0.15, 0.2) is 0 Å². The Morgan fingerprint density at radius 1 is 1.08 bits per heavy atom. The van der Waals surface area contributed by atoms with Crippen LogP contribution in [0.15, 0.2) is 48.5 Å². The van der Waals surface area contributed by atoms with Crippen LogP contribution in [-0.4, -0.2) is 41.6 Å². The molecule has 2 heterocycles. The number of halogens is 2. The minimum absolute atomic E-state index is 0.0464. The molecule has 0 saturated heterocycles. The molecule has 1 atom stereocenters. The number of benzene rings is 3. The summed E-state index contributed by atoms with van der Waals surface area (Å²) in [6.07, 6.45) is 1.18. The Morgan fingerprint density at radius 2 is 1.89 bits per heavy atom. The first-order chi connectivity index (χ1) is 18.3. The summed E-state index contributed by atoms with van der Waals surface area (Å²) in [4.78, 5) is 26.4. The summed E-state index contributed by atoms with van der Waals surface area (Å²) in [7, 11) is 0. The first kappa shape index (κ1) is 25.7. The molecule has 198 valence electrons. The third-order valence-electron chi connectivity index (χ3n) is 7.26. The number of rotatable bonds is 7. The second kappa shape index (κ2) is 10.8. The largest absolute Gasteiger partial charge is 0.493 e. The van der Waals surface area contributed by atoms with Crippen LogP contribution in [0, 0.1) is 11.6 Å². The molecule has 38 heavy (non-hydrogen) atoms. The first-order valence-corrected chi connectivity index (χ1v) is 12.8. The van der Waals surface area contributed by atoms with Gasteiger partial charge in [-0.25, -0.2) is 8.78 Å². The number of hydrogen-bond acceptors (Lipinski definition) is 4. The molecule has 3 aromatic carbocycles. The highest BCUT2D eigenvalue weighted by Crippen LogP contribution is 2.40. The summed E-state index contributed by atoms with van der Waals surface area (Å²) in [5.41, 5.74) is 4.23. The Kier molecular flexibility index (Phi) is 7.31. The number of nitrogens with zero attached hydrogens (tertiary/aromatic N) is 1. The quantitative estimate of drug-likeness (QED) is 0.445. The van der Waals surface area contributed by atoms with Crippen LogP contribution in [0.2, 0.25) is 0 Å². The molecule has 2 aliphatic rings. The van der Waals surface area contributed by atoms with Crippen molar-refractivity contribution < 1.29 is 33.0 Å². The molecular weight excluding hydrogens is 492 g/mol. The van der Waals surface area contributed by atoms with E-state index in [4.69, 9.17) is 9.47 Å². The highest BCUT2D eigenvalue weighted by atomic mass is 19.1. The van der Waals surface area contributed by atoms with Gasteiger partial charge >= 0.3 is 5.97 Å². The summed E-state index contributed by atoms with van der Waals surface area (Å²) >= 11 is 0. The minimum atomic E-state index is -0.939. The van der Waals surface area contributed by atoms with Crippen LogP contribution < -0.4 is 9.47 Å². The lowest BCUT2D eigenvalue weighted by Gasteiger charge is -2.33. The van der Waals surface area contributed by atoms with E-state index in [1.807, 2.05) is 6.92 Å². The molecule has 0 bridgehead atoms. The number of hydrogen-bond donors (Lipinski definition) is 1. The van der Waals surface area contributed by atoms with Crippen molar-refractivity contribution in [1.29, 1.82) is 0 Å². The van der Waals surface area contributed by atoms with Crippen molar-refractivity contribution in [2.24, 2.45) is 0 Å². The van der Waals surface area contributed by atoms with Gasteiger partial charge in [-0.3, -0.25) is 9.59 Å². The van der Waals surface area contributed by atoms with Crippen molar-refractivity contribution in [2.45, 2.75) is 45.1 Å². The lowest BCUT2D eigenvalue weighted by Crippen LogP contribution is -2.37. The van der Waals surface area contributed by atoms with E-state index in [1.54, 1.807) is 35.2 Å². The zero-order valence-electron chi connectivity index (χ0n) is 21.1. The smallest absolute Gasteiger partial charge is 0.307 e. The van der Waals surface area contributed by atoms with Crippen LogP contribution in [0.5, 0.6) is 11.5 Å². The van der Waals surface area contributed by atoms with Crippen molar-refractivity contribution >= 4 is 11.9 Å². The van der Waals surface area contributed by atoms with Gasteiger partial charge in [-0.05, 0) is 71.7 Å². The number of amides is 1. The highest BCUT2D eigenvalue weighted by Gasteiger charge is 2.30. The van der Waals surface area contributed by atoms with E-state index in [-0.39, 0.29) is 42.8 Å². The standard InChI is InChI=1S/C30H29F2NO5/c1-2-37-27-13-18(14-30(35)36)3-5-24(27)22-7-8-26(32)23-9-11-33(17-25(22)23)29(34)15-19-10-12-38-28-16-20(31)4-6-21(19)28/h3-8,13,16,19H,2,9-12,14-15,17H2,1H3,(H,35,36). The summed E-state index contributed by atoms with van der Waals surface area (Å²) in [6.45, 7) is 3.31. The fourth-order valence-electron chi connectivity index (χ4n) is 5.43. The van der Waals surface area contributed by atoms with Gasteiger partial charge in [0.2, 0.25) is 5.91 Å². The molecule has 3 aromatic rings. The average molecular weight is 522 g/mol. The molecule has 1 unspecified atom stereocenters. The Hall–Kier alpha value is -3.94. The number of carboxylic acid groups (broad SMARTS) is 1. The summed E-state index contributed by atoms with van der Waals surface area (Å²) < 4.78 is 40.0. The topological polar surface area (TPSA) is 76.1 Å². The van der Waals surface area contributed by atoms with E-state index < -0.39 is 5.97 Å². The molecular formula is C30H29F2NO5. The van der Waals surface area contributed by atoms with Crippen molar-refractivity contribution in [1.82, 2.24) is 4.90 Å². The molecule has 0 radical (unpaired) electrons. The SMILES string of the molecule is CCOc1cc(CC(=O)O)ccc1-c1ccc(F)c2c1CN(C(=O)CC1CCOc3cc(F)ccc31)CC2. The molecule has 0 saturated carbocycles. The fraction of sp³-hybridized carbons (Fsp3) is 0.333. The number of carbonyl (C=O) groups excluding carboxylic acids is 1. The zero-order valence-corrected chi connectivity index (χ0v) is 21.1. The van der Waals surface area contributed by atoms with Crippen LogP contribution in [0.3, 0.4) is 0 Å². The van der Waals surface area contributed by atoms with Gasteiger partial charge in [0.1, 0.15) is 23.1 Å². The number of fused-ring (bicyclic) bond motifs is 2. The molecule has 0 aliphatic carbocycles. The second-order valence-electron chi connectivity index (χ2n) is 9.67. The van der Waals surface area contributed by atoms with Crippen LogP contribution in [0.25, 0.3) is 11.1 Å². The van der Waals surface area contributed by atoms with Gasteiger partial charge in [-0.1, -0.05) is 24.3 Å². The van der Waals surface area contributed by atoms with Gasteiger partial charge in [0.25, 0.3) is 0 Å². The van der Waals surface area contributed by atoms with E-state index in [0.717, 1.165) is 22.3 Å². The number of carboxylic acids is 1. The second-order valence-corrected chi connectivity index (χ2v) is 9.67. The monoisotopic (exact) mass is 521 g/mol. The maximum atomic E-state index is 14.9. The number of aliphatic carboxylic acids is 1. The normalized spacial score (nSPS) is 16.3. The third kappa shape index (κ3) is 5.21. The molecule has 8 heteroatoms. The molecule has 2 aliphatic heterocycles. The maximum absolute atomic E-state index is 14.9. The summed E-state index contributed by atoms with van der Waals surface area (Å²) in [6, 6.07) is 12.8. The van der Waals surface area contributed by atoms with Crippen molar-refractivity contribution in [3.8, 4) is 22.6 Å². The van der Waals surface area contributed by atoms with E-state index >= 15 is 0 Å². The van der Waals surface area contributed by atoms with E-state index in [0.29, 0.717) is 55.2 Å². The zero-order chi connectivity index (χ0) is 26.8. The van der Waals surface area contributed by atoms with Crippen LogP contribution >= 0.6 is 0 Å². The molecule has 0 spiro atoms. The van der Waals surface area contributed by atoms with Gasteiger partial charge in [0.05, 0.1) is 19.6 Å². The number of carbonyl (C=O) groups is 2. The predicted octanol–water partition coefficient (Wildman–Crippen LogP) is 5.50. The molecule has 0 fully saturated rings. The van der Waals surface area contributed by atoms with Gasteiger partial charge in [-0.2, -0.15) is 0 Å². The lowest BCUT2D eigenvalue weighted by molar-refractivity contribution is -0.136. The van der Waals surface area contributed by atoms with Crippen LogP contribution in [-0.2, 0) is 29.0 Å². The number of ether oxygens (including phenoxy) is 2. The predicted molar refractivity (Wildman–Crippen MR) is 137 cm³/mol. The maximum Gasteiger partial charge on any atom is 0.307 e. The molecule has 1 N–H and O–H groups in total. The lowest BCUT2D eigenvalue weighted by atomic mass is 9.87. The average Bonchev–Trinajstić information content (AvgIpc) is 2.89. The van der Waals surface area contributed by atoms with Gasteiger partial charge in [0, 0.05) is 31.1 Å². The molecule has 0 aromatic heterocycles. The van der Waals surface area contributed by atoms with E-state index in [1.165, 1.54) is 18.2 Å². The first-order valence-electron chi connectivity index (χ1n) is 12.8. The van der Waals surface area contributed by atoms with Crippen LogP contribution in [0.1, 0.15) is 47.9 Å². The minimum Gasteiger partial charge on any atom is -0.493 e. The van der Waals surface area contributed by atoms with Crippen LogP contribution in [0.4, 0.5) is 8.78 Å². The Balaban J connectivity index is 1.43. The fourth-order valence-corrected chi connectivity index (χ4v) is 5.43. The molecule has 5 rings (SSSR count). The Morgan fingerprint density at radius 3 is 2.68 bits per heavy atom. The van der Waals surface area contributed by atoms with Crippen molar-refractivity contribution in [3.05, 3.63) is 82.4 Å². The highest BCUT2D eigenvalue weighted by molar-refractivity contribution is 5.80.